The van der Waals surface area contributed by atoms with E-state index in [0.29, 0.717) is 23.4 Å². The average Bonchev–Trinajstić information content (AvgIpc) is 3.07. The monoisotopic (exact) mass is 384 g/mol. The number of oxazole rings is 1. The lowest BCUT2D eigenvalue weighted by molar-refractivity contribution is 0.282. The van der Waals surface area contributed by atoms with E-state index in [1.54, 1.807) is 12.3 Å². The fourth-order valence-corrected chi connectivity index (χ4v) is 2.94. The molecule has 0 saturated carbocycles. The van der Waals surface area contributed by atoms with Gasteiger partial charge in [-0.05, 0) is 35.4 Å². The van der Waals surface area contributed by atoms with Gasteiger partial charge in [0.1, 0.15) is 10.3 Å². The number of rotatable bonds is 5. The molecule has 0 saturated heterocycles. The molecule has 0 aliphatic rings. The summed E-state index contributed by atoms with van der Waals surface area (Å²) in [4.78, 5) is 11.6. The average molecular weight is 386 g/mol. The predicted molar refractivity (Wildman–Crippen MR) is 92.3 cm³/mol. The van der Waals surface area contributed by atoms with E-state index in [0.717, 1.165) is 11.3 Å². The number of nitrogens with one attached hydrogen (secondary N) is 1. The molecule has 3 rings (SSSR count). The molecule has 0 aliphatic carbocycles. The number of hydrogen-bond acceptors (Lipinski definition) is 6. The Morgan fingerprint density at radius 1 is 1.12 bits per heavy atom. The van der Waals surface area contributed by atoms with Crippen LogP contribution in [0.25, 0.3) is 11.3 Å². The second-order valence-corrected chi connectivity index (χ2v) is 5.86. The molecule has 0 atom stereocenters. The molecule has 0 fully saturated rings. The second-order valence-electron chi connectivity index (χ2n) is 4.80. The summed E-state index contributed by atoms with van der Waals surface area (Å²) in [5.74, 6) is 0.586. The van der Waals surface area contributed by atoms with Gasteiger partial charge in [0.05, 0.1) is 12.8 Å². The van der Waals surface area contributed by atoms with Gasteiger partial charge in [-0.15, -0.1) is 0 Å². The molecule has 3 aromatic rings. The van der Waals surface area contributed by atoms with E-state index in [2.05, 4.69) is 20.3 Å². The summed E-state index contributed by atoms with van der Waals surface area (Å²) in [6.45, 7) is 0.165. The van der Waals surface area contributed by atoms with Crippen molar-refractivity contribution < 1.29 is 9.52 Å². The number of benzene rings is 1. The highest BCUT2D eigenvalue weighted by Gasteiger charge is 2.12. The first-order chi connectivity index (χ1) is 11.6. The quantitative estimate of drug-likeness (QED) is 0.506. The Morgan fingerprint density at radius 2 is 1.88 bits per heavy atom. The van der Waals surface area contributed by atoms with E-state index < -0.39 is 0 Å². The van der Waals surface area contributed by atoms with E-state index in [9.17, 15) is 5.11 Å². The summed E-state index contributed by atoms with van der Waals surface area (Å²) in [5.41, 5.74) is 2.77. The third-order valence-electron chi connectivity index (χ3n) is 3.32. The Kier molecular flexibility index (Phi) is 5.20. The Bertz CT molecular complexity index is 833. The highest BCUT2D eigenvalue weighted by Crippen LogP contribution is 2.28. The van der Waals surface area contributed by atoms with E-state index in [-0.39, 0.29) is 22.2 Å². The van der Waals surface area contributed by atoms with Gasteiger partial charge < -0.3 is 14.8 Å². The van der Waals surface area contributed by atoms with Crippen LogP contribution >= 0.6 is 34.8 Å². The molecule has 2 heterocycles. The van der Waals surface area contributed by atoms with Crippen molar-refractivity contribution in [1.29, 1.82) is 0 Å². The van der Waals surface area contributed by atoms with Gasteiger partial charge in [0, 0.05) is 23.4 Å². The number of hydrogen-bond donors (Lipinski definition) is 2. The van der Waals surface area contributed by atoms with Gasteiger partial charge in [0.15, 0.2) is 12.2 Å². The molecule has 24 heavy (non-hydrogen) atoms. The normalized spacial score (nSPS) is 10.8. The summed E-state index contributed by atoms with van der Waals surface area (Å²) in [7, 11) is 0. The smallest absolute Gasteiger partial charge is 0.225 e. The van der Waals surface area contributed by atoms with Crippen LogP contribution in [-0.4, -0.2) is 20.1 Å². The molecule has 0 amide bonds. The van der Waals surface area contributed by atoms with Crippen LogP contribution in [-0.2, 0) is 13.2 Å². The first kappa shape index (κ1) is 17.0. The number of aliphatic hydroxyl groups is 1. The predicted octanol–water partition coefficient (Wildman–Crippen LogP) is 4.20. The van der Waals surface area contributed by atoms with Gasteiger partial charge in [0.2, 0.25) is 5.28 Å². The third kappa shape index (κ3) is 3.62. The lowest BCUT2D eigenvalue weighted by atomic mass is 10.1. The zero-order valence-corrected chi connectivity index (χ0v) is 14.4. The van der Waals surface area contributed by atoms with Crippen molar-refractivity contribution in [2.24, 2.45) is 0 Å². The van der Waals surface area contributed by atoms with Crippen LogP contribution in [0.1, 0.15) is 11.1 Å². The summed E-state index contributed by atoms with van der Waals surface area (Å²) in [5, 5.41) is 13.1. The minimum Gasteiger partial charge on any atom is -0.444 e. The number of halogens is 3. The van der Waals surface area contributed by atoms with Crippen LogP contribution in [0.15, 0.2) is 35.2 Å². The molecule has 0 bridgehead atoms. The molecule has 2 aromatic heterocycles. The highest BCUT2D eigenvalue weighted by molar-refractivity contribution is 6.36. The van der Waals surface area contributed by atoms with Gasteiger partial charge in [-0.1, -0.05) is 23.2 Å². The Hall–Kier alpha value is -1.86. The molecular formula is C15H11Cl3N4O2. The highest BCUT2D eigenvalue weighted by atomic mass is 35.5. The molecule has 124 valence electrons. The van der Waals surface area contributed by atoms with Crippen LogP contribution < -0.4 is 5.32 Å². The van der Waals surface area contributed by atoms with E-state index in [1.165, 1.54) is 6.39 Å². The fourth-order valence-electron chi connectivity index (χ4n) is 2.17. The second kappa shape index (κ2) is 7.36. The number of aliphatic hydroxyl groups excluding tert-OH is 1. The standard InChI is InChI=1S/C15H11Cl3N4O2/c16-13-11(14(17)22-15(18)21-13)4-20-9-1-2-10(8(3-9)6-23)12-5-19-7-24-12/h1-3,5,7,20,23H,4,6H2. The molecule has 0 unspecified atom stereocenters. The molecule has 2 N–H and O–H groups in total. The van der Waals surface area contributed by atoms with Crippen LogP contribution in [0.5, 0.6) is 0 Å². The molecule has 9 heteroatoms. The minimum absolute atomic E-state index is 0.00673. The topological polar surface area (TPSA) is 84.1 Å². The first-order valence-electron chi connectivity index (χ1n) is 6.82. The lowest BCUT2D eigenvalue weighted by Gasteiger charge is -2.12. The lowest BCUT2D eigenvalue weighted by Crippen LogP contribution is -2.04. The van der Waals surface area contributed by atoms with Crippen molar-refractivity contribution in [3.8, 4) is 11.3 Å². The van der Waals surface area contributed by atoms with Crippen molar-refractivity contribution in [3.63, 3.8) is 0 Å². The molecule has 6 nitrogen and oxygen atoms in total. The van der Waals surface area contributed by atoms with Gasteiger partial charge in [-0.3, -0.25) is 0 Å². The maximum absolute atomic E-state index is 9.58. The Balaban J connectivity index is 1.82. The minimum atomic E-state index is -0.142. The first-order valence-corrected chi connectivity index (χ1v) is 7.96. The summed E-state index contributed by atoms with van der Waals surface area (Å²) in [6, 6.07) is 5.47. The van der Waals surface area contributed by atoms with Crippen LogP contribution in [0.2, 0.25) is 15.6 Å². The molecular weight excluding hydrogens is 375 g/mol. The molecule has 0 radical (unpaired) electrons. The third-order valence-corrected chi connectivity index (χ3v) is 4.12. The van der Waals surface area contributed by atoms with Gasteiger partial charge >= 0.3 is 0 Å². The van der Waals surface area contributed by atoms with E-state index in [4.69, 9.17) is 39.2 Å². The fraction of sp³-hybridized carbons (Fsp3) is 0.133. The van der Waals surface area contributed by atoms with Crippen molar-refractivity contribution in [1.82, 2.24) is 15.0 Å². The van der Waals surface area contributed by atoms with Crippen molar-refractivity contribution in [2.45, 2.75) is 13.2 Å². The van der Waals surface area contributed by atoms with Gasteiger partial charge in [0.25, 0.3) is 0 Å². The molecule has 1 aromatic carbocycles. The summed E-state index contributed by atoms with van der Waals surface area (Å²) >= 11 is 17.8. The van der Waals surface area contributed by atoms with E-state index >= 15 is 0 Å². The molecule has 0 aliphatic heterocycles. The number of anilines is 1. The Labute approximate surface area is 152 Å². The maximum Gasteiger partial charge on any atom is 0.225 e. The van der Waals surface area contributed by atoms with Crippen LogP contribution in [0, 0.1) is 0 Å². The number of aromatic nitrogens is 3. The van der Waals surface area contributed by atoms with Crippen molar-refractivity contribution in [2.75, 3.05) is 5.32 Å². The SMILES string of the molecule is OCc1cc(NCc2c(Cl)nc(Cl)nc2Cl)ccc1-c1cnco1. The molecule has 0 spiro atoms. The zero-order chi connectivity index (χ0) is 17.1. The van der Waals surface area contributed by atoms with Crippen LogP contribution in [0.4, 0.5) is 5.69 Å². The number of nitrogens with zero attached hydrogens (tertiary/aromatic N) is 3. The zero-order valence-electron chi connectivity index (χ0n) is 12.1. The van der Waals surface area contributed by atoms with E-state index in [1.807, 2.05) is 12.1 Å². The van der Waals surface area contributed by atoms with Gasteiger partial charge in [-0.25, -0.2) is 15.0 Å². The van der Waals surface area contributed by atoms with Crippen molar-refractivity contribution in [3.05, 3.63) is 57.5 Å². The maximum atomic E-state index is 9.58. The van der Waals surface area contributed by atoms with Gasteiger partial charge in [-0.2, -0.15) is 0 Å². The summed E-state index contributed by atoms with van der Waals surface area (Å²) in [6.07, 6.45) is 2.93. The van der Waals surface area contributed by atoms with Crippen LogP contribution in [0.3, 0.4) is 0 Å². The largest absolute Gasteiger partial charge is 0.444 e. The summed E-state index contributed by atoms with van der Waals surface area (Å²) < 4.78 is 5.27. The van der Waals surface area contributed by atoms with Crippen molar-refractivity contribution >= 4 is 40.5 Å². The Morgan fingerprint density at radius 3 is 2.50 bits per heavy atom.